The summed E-state index contributed by atoms with van der Waals surface area (Å²) >= 11 is 0. The van der Waals surface area contributed by atoms with Gasteiger partial charge in [0.05, 0.1) is 40.4 Å². The fourth-order valence-electron chi connectivity index (χ4n) is 5.87. The minimum absolute atomic E-state index is 0.0747. The molecule has 3 aliphatic heterocycles. The molecule has 38 heavy (non-hydrogen) atoms. The van der Waals surface area contributed by atoms with Gasteiger partial charge in [-0.05, 0) is 75.0 Å². The van der Waals surface area contributed by atoms with Crippen molar-refractivity contribution >= 4 is 17.8 Å². The summed E-state index contributed by atoms with van der Waals surface area (Å²) in [5.74, 6) is -0.638. The van der Waals surface area contributed by atoms with E-state index in [1.54, 1.807) is 22.9 Å². The molecule has 0 radical (unpaired) electrons. The third-order valence-corrected chi connectivity index (χ3v) is 8.11. The van der Waals surface area contributed by atoms with Crippen LogP contribution in [0.4, 0.5) is 0 Å². The Bertz CT molecular complexity index is 1210. The fourth-order valence-corrected chi connectivity index (χ4v) is 5.87. The molecule has 204 valence electrons. The van der Waals surface area contributed by atoms with Gasteiger partial charge in [0, 0.05) is 32.8 Å². The standard InChI is InChI=1S/C29H38N4O5/c1-3-14-38-28(36)20-8-9-21(27(35)32-12-6-5-7-13-32)23(17-20)33-24-18-29(10-15-37-16-11-29)19-30-26(34)25(24)22(4-2)31-33/h8-9,17H,3-7,10-16,18-19H2,1-2H3,(H,30,34). The highest BCUT2D eigenvalue weighted by molar-refractivity contribution is 6.01. The molecule has 4 heterocycles. The molecule has 3 aliphatic rings. The molecule has 5 rings (SSSR count). The maximum Gasteiger partial charge on any atom is 0.338 e. The van der Waals surface area contributed by atoms with E-state index in [0.717, 1.165) is 44.2 Å². The van der Waals surface area contributed by atoms with Crippen LogP contribution in [-0.2, 0) is 22.3 Å². The largest absolute Gasteiger partial charge is 0.462 e. The lowest BCUT2D eigenvalue weighted by Gasteiger charge is -2.36. The topological polar surface area (TPSA) is 103 Å². The van der Waals surface area contributed by atoms with Crippen LogP contribution < -0.4 is 5.32 Å². The normalized spacial score (nSPS) is 19.0. The number of hydrogen-bond donors (Lipinski definition) is 1. The molecule has 0 bridgehead atoms. The van der Waals surface area contributed by atoms with Gasteiger partial charge in [0.1, 0.15) is 0 Å². The highest BCUT2D eigenvalue weighted by Crippen LogP contribution is 2.38. The van der Waals surface area contributed by atoms with Gasteiger partial charge in [-0.25, -0.2) is 9.48 Å². The average Bonchev–Trinajstić information content (AvgIpc) is 3.26. The minimum Gasteiger partial charge on any atom is -0.462 e. The van der Waals surface area contributed by atoms with E-state index in [0.29, 0.717) is 80.4 Å². The van der Waals surface area contributed by atoms with Crippen LogP contribution in [0.3, 0.4) is 0 Å². The van der Waals surface area contributed by atoms with Gasteiger partial charge in [0.25, 0.3) is 11.8 Å². The Kier molecular flexibility index (Phi) is 7.83. The van der Waals surface area contributed by atoms with Crippen LogP contribution in [-0.4, -0.2) is 71.9 Å². The van der Waals surface area contributed by atoms with Gasteiger partial charge >= 0.3 is 5.97 Å². The summed E-state index contributed by atoms with van der Waals surface area (Å²) in [6.45, 7) is 7.55. The number of piperidine rings is 1. The molecule has 0 aliphatic carbocycles. The van der Waals surface area contributed by atoms with Gasteiger partial charge in [-0.2, -0.15) is 5.10 Å². The minimum atomic E-state index is -0.433. The van der Waals surface area contributed by atoms with Crippen molar-refractivity contribution < 1.29 is 23.9 Å². The maximum absolute atomic E-state index is 13.8. The van der Waals surface area contributed by atoms with Gasteiger partial charge in [-0.15, -0.1) is 0 Å². The Labute approximate surface area is 223 Å². The Morgan fingerprint density at radius 3 is 2.61 bits per heavy atom. The molecule has 1 aromatic carbocycles. The molecule has 2 fully saturated rings. The maximum atomic E-state index is 13.8. The number of fused-ring (bicyclic) bond motifs is 1. The summed E-state index contributed by atoms with van der Waals surface area (Å²) in [4.78, 5) is 41.9. The van der Waals surface area contributed by atoms with Crippen LogP contribution in [0.1, 0.15) is 94.8 Å². The smallest absolute Gasteiger partial charge is 0.338 e. The molecule has 9 nitrogen and oxygen atoms in total. The van der Waals surface area contributed by atoms with Crippen molar-refractivity contribution in [1.82, 2.24) is 20.0 Å². The predicted molar refractivity (Wildman–Crippen MR) is 142 cm³/mol. The first-order valence-electron chi connectivity index (χ1n) is 14.0. The summed E-state index contributed by atoms with van der Waals surface area (Å²) in [7, 11) is 0. The van der Waals surface area contributed by atoms with Crippen LogP contribution in [0.5, 0.6) is 0 Å². The number of nitrogens with one attached hydrogen (secondary N) is 1. The molecule has 0 unspecified atom stereocenters. The Morgan fingerprint density at radius 1 is 1.13 bits per heavy atom. The number of likely N-dealkylation sites (tertiary alicyclic amines) is 1. The molecule has 2 amide bonds. The Balaban J connectivity index is 1.66. The third-order valence-electron chi connectivity index (χ3n) is 8.11. The van der Waals surface area contributed by atoms with Gasteiger partial charge in [0.15, 0.2) is 0 Å². The summed E-state index contributed by atoms with van der Waals surface area (Å²) in [5.41, 5.74) is 3.31. The van der Waals surface area contributed by atoms with E-state index in [1.165, 1.54) is 0 Å². The molecule has 0 atom stereocenters. The number of rotatable bonds is 6. The molecular formula is C29H38N4O5. The Morgan fingerprint density at radius 2 is 1.89 bits per heavy atom. The second kappa shape index (κ2) is 11.3. The molecular weight excluding hydrogens is 484 g/mol. The monoisotopic (exact) mass is 522 g/mol. The number of aryl methyl sites for hydroxylation is 1. The summed E-state index contributed by atoms with van der Waals surface area (Å²) < 4.78 is 12.8. The number of aromatic nitrogens is 2. The SMILES string of the molecule is CCCOC(=O)c1ccc(C(=O)N2CCCCC2)c(-n2nc(CC)c3c2CC2(CCOCC2)CNC3=O)c1. The van der Waals surface area contributed by atoms with Crippen molar-refractivity contribution in [3.8, 4) is 5.69 Å². The first-order chi connectivity index (χ1) is 18.5. The molecule has 1 aromatic heterocycles. The molecule has 9 heteroatoms. The summed E-state index contributed by atoms with van der Waals surface area (Å²) in [6.07, 6.45) is 6.68. The van der Waals surface area contributed by atoms with E-state index in [4.69, 9.17) is 14.6 Å². The average molecular weight is 523 g/mol. The highest BCUT2D eigenvalue weighted by atomic mass is 16.5. The van der Waals surface area contributed by atoms with E-state index in [9.17, 15) is 14.4 Å². The zero-order chi connectivity index (χ0) is 26.7. The number of carbonyl (C=O) groups excluding carboxylic acids is 3. The lowest BCUT2D eigenvalue weighted by molar-refractivity contribution is 0.0155. The highest BCUT2D eigenvalue weighted by Gasteiger charge is 2.40. The van der Waals surface area contributed by atoms with Gasteiger partial charge in [0.2, 0.25) is 0 Å². The van der Waals surface area contributed by atoms with Crippen molar-refractivity contribution in [2.24, 2.45) is 5.41 Å². The molecule has 0 saturated carbocycles. The number of benzene rings is 1. The summed E-state index contributed by atoms with van der Waals surface area (Å²) in [6, 6.07) is 5.09. The van der Waals surface area contributed by atoms with Gasteiger partial charge in [-0.3, -0.25) is 9.59 Å². The second-order valence-electron chi connectivity index (χ2n) is 10.7. The van der Waals surface area contributed by atoms with Gasteiger partial charge in [-0.1, -0.05) is 13.8 Å². The van der Waals surface area contributed by atoms with Crippen LogP contribution in [0, 0.1) is 5.41 Å². The first-order valence-corrected chi connectivity index (χ1v) is 14.0. The zero-order valence-electron chi connectivity index (χ0n) is 22.5. The van der Waals surface area contributed by atoms with E-state index in [2.05, 4.69) is 5.32 Å². The molecule has 2 aromatic rings. The van der Waals surface area contributed by atoms with Crippen LogP contribution in [0.2, 0.25) is 0 Å². The van der Waals surface area contributed by atoms with Crippen molar-refractivity contribution in [2.45, 2.75) is 65.2 Å². The van der Waals surface area contributed by atoms with E-state index < -0.39 is 5.97 Å². The quantitative estimate of drug-likeness (QED) is 0.581. The van der Waals surface area contributed by atoms with Crippen molar-refractivity contribution in [3.63, 3.8) is 0 Å². The van der Waals surface area contributed by atoms with Crippen molar-refractivity contribution in [1.29, 1.82) is 0 Å². The summed E-state index contributed by atoms with van der Waals surface area (Å²) in [5, 5.41) is 8.05. The van der Waals surface area contributed by atoms with Crippen LogP contribution in [0.15, 0.2) is 18.2 Å². The van der Waals surface area contributed by atoms with E-state index >= 15 is 0 Å². The van der Waals surface area contributed by atoms with Gasteiger partial charge < -0.3 is 19.7 Å². The third kappa shape index (κ3) is 5.08. The first kappa shape index (κ1) is 26.4. The lowest BCUT2D eigenvalue weighted by Crippen LogP contribution is -2.41. The number of esters is 1. The van der Waals surface area contributed by atoms with Crippen molar-refractivity contribution in [2.75, 3.05) is 39.5 Å². The van der Waals surface area contributed by atoms with Crippen LogP contribution in [0.25, 0.3) is 5.69 Å². The number of carbonyl (C=O) groups is 3. The van der Waals surface area contributed by atoms with E-state index in [1.807, 2.05) is 18.7 Å². The lowest BCUT2D eigenvalue weighted by atomic mass is 9.76. The fraction of sp³-hybridized carbons (Fsp3) is 0.586. The number of hydrogen-bond acceptors (Lipinski definition) is 6. The molecule has 1 N–H and O–H groups in total. The Hall–Kier alpha value is -3.20. The number of nitrogens with zero attached hydrogens (tertiary/aromatic N) is 3. The number of ether oxygens (including phenoxy) is 2. The van der Waals surface area contributed by atoms with Crippen LogP contribution >= 0.6 is 0 Å². The van der Waals surface area contributed by atoms with E-state index in [-0.39, 0.29) is 17.2 Å². The van der Waals surface area contributed by atoms with Crippen molar-refractivity contribution in [3.05, 3.63) is 46.3 Å². The zero-order valence-corrected chi connectivity index (χ0v) is 22.5. The molecule has 1 spiro atoms. The molecule has 2 saturated heterocycles. The number of amides is 2. The predicted octanol–water partition coefficient (Wildman–Crippen LogP) is 3.71. The second-order valence-corrected chi connectivity index (χ2v) is 10.7.